The van der Waals surface area contributed by atoms with Crippen molar-refractivity contribution in [3.05, 3.63) is 89.5 Å². The van der Waals surface area contributed by atoms with Gasteiger partial charge >= 0.3 is 0 Å². The zero-order valence-corrected chi connectivity index (χ0v) is 25.1. The Morgan fingerprint density at radius 1 is 0.925 bits per heavy atom. The standard InChI is InChI=1S/C31H39N3O5S/c1-22-14-16-28(17-15-22)40(37,38)34(26-12-9-13-27(19-26)39-7)21-29(35)33(20-25-11-8-10-23(2)18-25)24(3)30(36)32-31(4,5)6/h8-19,24H,20-21H2,1-7H3,(H,32,36). The van der Waals surface area contributed by atoms with Crippen LogP contribution < -0.4 is 14.4 Å². The first-order valence-electron chi connectivity index (χ1n) is 13.1. The molecule has 8 nitrogen and oxygen atoms in total. The van der Waals surface area contributed by atoms with Crippen molar-refractivity contribution in [2.45, 2.75) is 64.6 Å². The van der Waals surface area contributed by atoms with Crippen LogP contribution in [0.1, 0.15) is 44.4 Å². The van der Waals surface area contributed by atoms with Crippen LogP contribution >= 0.6 is 0 Å². The molecule has 0 heterocycles. The highest BCUT2D eigenvalue weighted by atomic mass is 32.2. The zero-order valence-electron chi connectivity index (χ0n) is 24.3. The molecule has 0 spiro atoms. The number of carbonyl (C=O) groups is 2. The molecular formula is C31H39N3O5S. The van der Waals surface area contributed by atoms with Crippen LogP contribution in [0.3, 0.4) is 0 Å². The molecule has 214 valence electrons. The van der Waals surface area contributed by atoms with Crippen molar-refractivity contribution in [3.63, 3.8) is 0 Å². The maximum absolute atomic E-state index is 14.0. The molecule has 3 aromatic carbocycles. The van der Waals surface area contributed by atoms with Crippen LogP contribution in [0.15, 0.2) is 77.7 Å². The Morgan fingerprint density at radius 3 is 2.17 bits per heavy atom. The first-order chi connectivity index (χ1) is 18.7. The molecule has 3 aromatic rings. The van der Waals surface area contributed by atoms with E-state index in [1.165, 1.54) is 24.1 Å². The van der Waals surface area contributed by atoms with Crippen molar-refractivity contribution in [2.75, 3.05) is 18.0 Å². The Morgan fingerprint density at radius 2 is 1.57 bits per heavy atom. The maximum atomic E-state index is 14.0. The molecule has 0 saturated carbocycles. The van der Waals surface area contributed by atoms with Gasteiger partial charge in [-0.2, -0.15) is 0 Å². The van der Waals surface area contributed by atoms with E-state index in [4.69, 9.17) is 4.74 Å². The fourth-order valence-corrected chi connectivity index (χ4v) is 5.60. The van der Waals surface area contributed by atoms with E-state index in [2.05, 4.69) is 5.32 Å². The van der Waals surface area contributed by atoms with Gasteiger partial charge in [-0.05, 0) is 71.4 Å². The molecule has 0 aromatic heterocycles. The van der Waals surface area contributed by atoms with Gasteiger partial charge in [0.2, 0.25) is 11.8 Å². The van der Waals surface area contributed by atoms with Crippen molar-refractivity contribution in [1.29, 1.82) is 0 Å². The van der Waals surface area contributed by atoms with E-state index >= 15 is 0 Å². The molecule has 3 rings (SSSR count). The molecule has 0 aliphatic rings. The van der Waals surface area contributed by atoms with Gasteiger partial charge in [0, 0.05) is 18.2 Å². The SMILES string of the molecule is COc1cccc(N(CC(=O)N(Cc2cccc(C)c2)C(C)C(=O)NC(C)(C)C)S(=O)(=O)c2ccc(C)cc2)c1. The number of nitrogens with one attached hydrogen (secondary N) is 1. The lowest BCUT2D eigenvalue weighted by molar-refractivity contribution is -0.140. The molecule has 0 fully saturated rings. The van der Waals surface area contributed by atoms with Crippen LogP contribution in [0.2, 0.25) is 0 Å². The highest BCUT2D eigenvalue weighted by Crippen LogP contribution is 2.28. The lowest BCUT2D eigenvalue weighted by Gasteiger charge is -2.33. The summed E-state index contributed by atoms with van der Waals surface area (Å²) in [5.41, 5.74) is 2.52. The summed E-state index contributed by atoms with van der Waals surface area (Å²) in [4.78, 5) is 28.7. The van der Waals surface area contributed by atoms with Gasteiger partial charge < -0.3 is 15.0 Å². The topological polar surface area (TPSA) is 96.0 Å². The molecule has 2 amide bonds. The van der Waals surface area contributed by atoms with Gasteiger partial charge in [0.05, 0.1) is 17.7 Å². The maximum Gasteiger partial charge on any atom is 0.264 e. The van der Waals surface area contributed by atoms with E-state index in [-0.39, 0.29) is 23.0 Å². The minimum Gasteiger partial charge on any atom is -0.497 e. The Bertz CT molecular complexity index is 1450. The Balaban J connectivity index is 2.06. The molecule has 9 heteroatoms. The first kappa shape index (κ1) is 30.7. The van der Waals surface area contributed by atoms with Gasteiger partial charge in [0.15, 0.2) is 0 Å². The lowest BCUT2D eigenvalue weighted by atomic mass is 10.1. The van der Waals surface area contributed by atoms with Crippen molar-refractivity contribution in [2.24, 2.45) is 0 Å². The van der Waals surface area contributed by atoms with Crippen molar-refractivity contribution in [3.8, 4) is 5.75 Å². The van der Waals surface area contributed by atoms with Crippen LogP contribution in [0, 0.1) is 13.8 Å². The molecule has 0 saturated heterocycles. The van der Waals surface area contributed by atoms with Crippen LogP contribution in [0.5, 0.6) is 5.75 Å². The fourth-order valence-electron chi connectivity index (χ4n) is 4.20. The summed E-state index contributed by atoms with van der Waals surface area (Å²) in [5.74, 6) is -0.400. The average Bonchev–Trinajstić information content (AvgIpc) is 2.89. The number of aryl methyl sites for hydroxylation is 2. The number of anilines is 1. The van der Waals surface area contributed by atoms with Gasteiger partial charge in [-0.1, -0.05) is 53.6 Å². The molecule has 1 unspecified atom stereocenters. The van der Waals surface area contributed by atoms with Crippen LogP contribution in [0.25, 0.3) is 0 Å². The monoisotopic (exact) mass is 565 g/mol. The number of methoxy groups -OCH3 is 1. The molecular weight excluding hydrogens is 526 g/mol. The van der Waals surface area contributed by atoms with E-state index in [9.17, 15) is 18.0 Å². The Kier molecular flexibility index (Phi) is 9.63. The largest absolute Gasteiger partial charge is 0.497 e. The lowest BCUT2D eigenvalue weighted by Crippen LogP contribution is -2.54. The summed E-state index contributed by atoms with van der Waals surface area (Å²) in [7, 11) is -2.66. The van der Waals surface area contributed by atoms with E-state index in [1.54, 1.807) is 43.3 Å². The average molecular weight is 566 g/mol. The summed E-state index contributed by atoms with van der Waals surface area (Å²) in [6, 6.07) is 19.8. The summed E-state index contributed by atoms with van der Waals surface area (Å²) in [6.45, 7) is 10.7. The van der Waals surface area contributed by atoms with E-state index in [1.807, 2.05) is 58.9 Å². The van der Waals surface area contributed by atoms with Crippen molar-refractivity contribution in [1.82, 2.24) is 10.2 Å². The van der Waals surface area contributed by atoms with Gasteiger partial charge in [-0.15, -0.1) is 0 Å². The summed E-state index contributed by atoms with van der Waals surface area (Å²) in [5, 5.41) is 2.93. The van der Waals surface area contributed by atoms with Gasteiger partial charge in [0.25, 0.3) is 10.0 Å². The number of hydrogen-bond acceptors (Lipinski definition) is 5. The first-order valence-corrected chi connectivity index (χ1v) is 14.6. The van der Waals surface area contributed by atoms with Crippen LogP contribution in [-0.4, -0.2) is 50.4 Å². The summed E-state index contributed by atoms with van der Waals surface area (Å²) < 4.78 is 34.3. The minimum absolute atomic E-state index is 0.0532. The zero-order chi connectivity index (χ0) is 29.7. The van der Waals surface area contributed by atoms with E-state index in [0.29, 0.717) is 5.75 Å². The van der Waals surface area contributed by atoms with E-state index < -0.39 is 34.1 Å². The molecule has 1 N–H and O–H groups in total. The van der Waals surface area contributed by atoms with E-state index in [0.717, 1.165) is 21.0 Å². The third kappa shape index (κ3) is 7.85. The number of rotatable bonds is 10. The number of hydrogen-bond donors (Lipinski definition) is 1. The quantitative estimate of drug-likeness (QED) is 0.380. The smallest absolute Gasteiger partial charge is 0.264 e. The van der Waals surface area contributed by atoms with Gasteiger partial charge in [0.1, 0.15) is 18.3 Å². The molecule has 0 radical (unpaired) electrons. The summed E-state index contributed by atoms with van der Waals surface area (Å²) >= 11 is 0. The highest BCUT2D eigenvalue weighted by Gasteiger charge is 2.33. The van der Waals surface area contributed by atoms with Crippen molar-refractivity contribution >= 4 is 27.5 Å². The third-order valence-corrected chi connectivity index (χ3v) is 8.12. The van der Waals surface area contributed by atoms with Crippen LogP contribution in [0.4, 0.5) is 5.69 Å². The number of sulfonamides is 1. The van der Waals surface area contributed by atoms with Gasteiger partial charge in [-0.25, -0.2) is 8.42 Å². The van der Waals surface area contributed by atoms with Gasteiger partial charge in [-0.3, -0.25) is 13.9 Å². The normalized spacial score (nSPS) is 12.4. The number of ether oxygens (including phenoxy) is 1. The third-order valence-electron chi connectivity index (χ3n) is 6.33. The number of carbonyl (C=O) groups excluding carboxylic acids is 2. The number of amides is 2. The second-order valence-electron chi connectivity index (χ2n) is 11.0. The highest BCUT2D eigenvalue weighted by molar-refractivity contribution is 7.92. The molecule has 1 atom stereocenters. The molecule has 0 aliphatic carbocycles. The second kappa shape index (κ2) is 12.6. The predicted molar refractivity (Wildman–Crippen MR) is 158 cm³/mol. The number of nitrogens with zero attached hydrogens (tertiary/aromatic N) is 2. The second-order valence-corrected chi connectivity index (χ2v) is 12.8. The fraction of sp³-hybridized carbons (Fsp3) is 0.355. The van der Waals surface area contributed by atoms with Crippen molar-refractivity contribution < 1.29 is 22.7 Å². The molecule has 0 aliphatic heterocycles. The molecule has 0 bridgehead atoms. The molecule has 40 heavy (non-hydrogen) atoms. The van der Waals surface area contributed by atoms with Crippen LogP contribution in [-0.2, 0) is 26.2 Å². The Hall–Kier alpha value is -3.85. The summed E-state index contributed by atoms with van der Waals surface area (Å²) in [6.07, 6.45) is 0. The Labute approximate surface area is 238 Å². The predicted octanol–water partition coefficient (Wildman–Crippen LogP) is 4.84. The number of benzene rings is 3. The minimum atomic E-state index is -4.15.